The maximum Gasteiger partial charge on any atom is 0.313 e. The molecule has 0 saturated carbocycles. The lowest BCUT2D eigenvalue weighted by Gasteiger charge is -2.11. The summed E-state index contributed by atoms with van der Waals surface area (Å²) in [7, 11) is 0. The maximum absolute atomic E-state index is 11.0. The van der Waals surface area contributed by atoms with E-state index >= 15 is 0 Å². The Morgan fingerprint density at radius 3 is 2.60 bits per heavy atom. The summed E-state index contributed by atoms with van der Waals surface area (Å²) in [6.07, 6.45) is 0. The highest BCUT2D eigenvalue weighted by Gasteiger charge is 2.18. The van der Waals surface area contributed by atoms with Gasteiger partial charge in [0.05, 0.1) is 15.8 Å². The molecule has 0 N–H and O–H groups in total. The number of nitro groups is 1. The molecule has 104 valence electrons. The number of benzene rings is 2. The summed E-state index contributed by atoms with van der Waals surface area (Å²) in [6, 6.07) is 9.21. The summed E-state index contributed by atoms with van der Waals surface area (Å²) in [5.74, 6) is 0.533. The Balaban J connectivity index is 2.48. The molecule has 2 aromatic carbocycles. The van der Waals surface area contributed by atoms with Gasteiger partial charge in [-0.2, -0.15) is 0 Å². The number of ether oxygens (including phenoxy) is 1. The molecule has 0 heterocycles. The van der Waals surface area contributed by atoms with Crippen LogP contribution < -0.4 is 4.74 Å². The number of alkyl halides is 1. The van der Waals surface area contributed by atoms with Crippen LogP contribution in [-0.4, -0.2) is 4.92 Å². The molecule has 4 nitrogen and oxygen atoms in total. The van der Waals surface area contributed by atoms with Gasteiger partial charge in [0.25, 0.3) is 0 Å². The lowest BCUT2D eigenvalue weighted by Crippen LogP contribution is -1.96. The number of rotatable bonds is 4. The van der Waals surface area contributed by atoms with E-state index in [2.05, 4.69) is 0 Å². The van der Waals surface area contributed by atoms with Crippen molar-refractivity contribution in [3.63, 3.8) is 0 Å². The summed E-state index contributed by atoms with van der Waals surface area (Å²) in [4.78, 5) is 10.4. The first-order chi connectivity index (χ1) is 9.52. The van der Waals surface area contributed by atoms with Gasteiger partial charge in [0, 0.05) is 16.7 Å². The molecule has 2 rings (SSSR count). The molecule has 0 amide bonds. The van der Waals surface area contributed by atoms with Crippen LogP contribution in [0.4, 0.5) is 5.69 Å². The van der Waals surface area contributed by atoms with Crippen molar-refractivity contribution >= 4 is 40.5 Å². The summed E-state index contributed by atoms with van der Waals surface area (Å²) in [5, 5.41) is 11.6. The Kier molecular flexibility index (Phi) is 4.70. The van der Waals surface area contributed by atoms with Crippen molar-refractivity contribution in [3.8, 4) is 11.5 Å². The van der Waals surface area contributed by atoms with Gasteiger partial charge in [0.15, 0.2) is 5.75 Å². The minimum absolute atomic E-state index is 0.0545. The molecule has 0 atom stereocenters. The first kappa shape index (κ1) is 14.9. The lowest BCUT2D eigenvalue weighted by molar-refractivity contribution is -0.385. The average molecular weight is 333 g/mol. The Morgan fingerprint density at radius 1 is 1.20 bits per heavy atom. The normalized spacial score (nSPS) is 10.3. The van der Waals surface area contributed by atoms with Gasteiger partial charge in [-0.1, -0.05) is 35.3 Å². The van der Waals surface area contributed by atoms with Gasteiger partial charge in [0.1, 0.15) is 0 Å². The number of para-hydroxylation sites is 1. The van der Waals surface area contributed by atoms with Crippen molar-refractivity contribution in [2.75, 3.05) is 0 Å². The van der Waals surface area contributed by atoms with Gasteiger partial charge in [-0.05, 0) is 18.2 Å². The molecule has 0 unspecified atom stereocenters. The molecule has 7 heteroatoms. The van der Waals surface area contributed by atoms with Crippen molar-refractivity contribution in [1.29, 1.82) is 0 Å². The van der Waals surface area contributed by atoms with Gasteiger partial charge >= 0.3 is 5.69 Å². The standard InChI is InChI=1S/C13H8Cl3NO3/c14-7-8-2-1-3-10(16)13(8)20-12-5-4-9(15)6-11(12)17(18)19/h1-6H,7H2. The van der Waals surface area contributed by atoms with Crippen LogP contribution in [0, 0.1) is 10.1 Å². The molecule has 0 radical (unpaired) electrons. The van der Waals surface area contributed by atoms with E-state index < -0.39 is 4.92 Å². The average Bonchev–Trinajstić information content (AvgIpc) is 2.42. The van der Waals surface area contributed by atoms with Gasteiger partial charge in [-0.3, -0.25) is 10.1 Å². The van der Waals surface area contributed by atoms with Crippen LogP contribution in [0.3, 0.4) is 0 Å². The van der Waals surface area contributed by atoms with E-state index in [1.54, 1.807) is 18.2 Å². The molecule has 0 bridgehead atoms. The van der Waals surface area contributed by atoms with Crippen LogP contribution in [0.1, 0.15) is 5.56 Å². The molecule has 0 aromatic heterocycles. The molecular formula is C13H8Cl3NO3. The predicted octanol–water partition coefficient (Wildman–Crippen LogP) is 5.43. The second-order valence-electron chi connectivity index (χ2n) is 3.83. The highest BCUT2D eigenvalue weighted by Crippen LogP contribution is 2.38. The molecule has 0 spiro atoms. The van der Waals surface area contributed by atoms with Gasteiger partial charge in [-0.15, -0.1) is 11.6 Å². The molecular weight excluding hydrogens is 325 g/mol. The van der Waals surface area contributed by atoms with Crippen molar-refractivity contribution in [2.45, 2.75) is 5.88 Å². The van der Waals surface area contributed by atoms with Gasteiger partial charge in [-0.25, -0.2) is 0 Å². The van der Waals surface area contributed by atoms with E-state index in [1.807, 2.05) is 0 Å². The fraction of sp³-hybridized carbons (Fsp3) is 0.0769. The SMILES string of the molecule is O=[N+]([O-])c1cc(Cl)ccc1Oc1c(Cl)cccc1CCl. The molecule has 0 saturated heterocycles. The van der Waals surface area contributed by atoms with Crippen LogP contribution in [0.25, 0.3) is 0 Å². The van der Waals surface area contributed by atoms with Crippen molar-refractivity contribution in [2.24, 2.45) is 0 Å². The van der Waals surface area contributed by atoms with E-state index in [4.69, 9.17) is 39.5 Å². The van der Waals surface area contributed by atoms with Crippen LogP contribution in [0.15, 0.2) is 36.4 Å². The topological polar surface area (TPSA) is 52.4 Å². The van der Waals surface area contributed by atoms with Gasteiger partial charge in [0.2, 0.25) is 5.75 Å². The second-order valence-corrected chi connectivity index (χ2v) is 4.94. The zero-order valence-corrected chi connectivity index (χ0v) is 12.2. The van der Waals surface area contributed by atoms with E-state index in [0.29, 0.717) is 16.3 Å². The van der Waals surface area contributed by atoms with Crippen LogP contribution in [0.5, 0.6) is 11.5 Å². The first-order valence-electron chi connectivity index (χ1n) is 5.48. The Labute approximate surface area is 130 Å². The molecule has 0 fully saturated rings. The maximum atomic E-state index is 11.0. The van der Waals surface area contributed by atoms with Crippen LogP contribution in [0.2, 0.25) is 10.0 Å². The number of nitrogens with zero attached hydrogens (tertiary/aromatic N) is 1. The molecule has 0 aliphatic rings. The second kappa shape index (κ2) is 6.31. The third-order valence-electron chi connectivity index (χ3n) is 2.52. The van der Waals surface area contributed by atoms with Crippen LogP contribution in [-0.2, 0) is 5.88 Å². The van der Waals surface area contributed by atoms with Crippen molar-refractivity contribution < 1.29 is 9.66 Å². The largest absolute Gasteiger partial charge is 0.448 e. The third kappa shape index (κ3) is 3.15. The van der Waals surface area contributed by atoms with E-state index in [1.165, 1.54) is 18.2 Å². The number of nitro benzene ring substituents is 1. The van der Waals surface area contributed by atoms with Crippen molar-refractivity contribution in [3.05, 3.63) is 62.1 Å². The zero-order valence-electron chi connectivity index (χ0n) is 9.98. The summed E-state index contributed by atoms with van der Waals surface area (Å²) >= 11 is 17.6. The lowest BCUT2D eigenvalue weighted by atomic mass is 10.2. The quantitative estimate of drug-likeness (QED) is 0.426. The minimum Gasteiger partial charge on any atom is -0.448 e. The third-order valence-corrected chi connectivity index (χ3v) is 3.34. The van der Waals surface area contributed by atoms with E-state index in [0.717, 1.165) is 0 Å². The van der Waals surface area contributed by atoms with E-state index in [9.17, 15) is 10.1 Å². The molecule has 0 aliphatic carbocycles. The van der Waals surface area contributed by atoms with Crippen LogP contribution >= 0.6 is 34.8 Å². The summed E-state index contributed by atoms with van der Waals surface area (Å²) < 4.78 is 5.56. The smallest absolute Gasteiger partial charge is 0.313 e. The number of hydrogen-bond acceptors (Lipinski definition) is 3. The first-order valence-corrected chi connectivity index (χ1v) is 6.77. The minimum atomic E-state index is -0.571. The summed E-state index contributed by atoms with van der Waals surface area (Å²) in [6.45, 7) is 0. The number of halogens is 3. The zero-order chi connectivity index (χ0) is 14.7. The Bertz CT molecular complexity index is 661. The summed E-state index contributed by atoms with van der Waals surface area (Å²) in [5.41, 5.74) is 0.404. The van der Waals surface area contributed by atoms with Gasteiger partial charge < -0.3 is 4.74 Å². The fourth-order valence-electron chi connectivity index (χ4n) is 1.60. The molecule has 20 heavy (non-hydrogen) atoms. The molecule has 0 aliphatic heterocycles. The monoisotopic (exact) mass is 331 g/mol. The molecule has 2 aromatic rings. The number of hydrogen-bond donors (Lipinski definition) is 0. The Morgan fingerprint density at radius 2 is 1.95 bits per heavy atom. The highest BCUT2D eigenvalue weighted by atomic mass is 35.5. The van der Waals surface area contributed by atoms with Crippen molar-refractivity contribution in [1.82, 2.24) is 0 Å². The Hall–Kier alpha value is -1.49. The van der Waals surface area contributed by atoms with E-state index in [-0.39, 0.29) is 22.3 Å². The highest BCUT2D eigenvalue weighted by molar-refractivity contribution is 6.32. The fourth-order valence-corrected chi connectivity index (χ4v) is 2.21. The predicted molar refractivity (Wildman–Crippen MR) is 79.2 cm³/mol.